The van der Waals surface area contributed by atoms with Gasteiger partial charge >= 0.3 is 5.97 Å². The molecule has 452 valence electrons. The Morgan fingerprint density at radius 1 is 0.513 bits per heavy atom. The molecule has 1 heterocycles. The zero-order valence-corrected chi connectivity index (χ0v) is 50.0. The molecular weight excluding hydrogens is 979 g/mol. The summed E-state index contributed by atoms with van der Waals surface area (Å²) in [6.45, 7) is 5.64. The zero-order chi connectivity index (χ0) is 56.8. The minimum absolute atomic E-state index is 0.119. The molecule has 11 nitrogen and oxygen atoms in total. The number of carbonyl (C=O) groups excluding carboxylic acids is 2. The molecule has 8 unspecified atom stereocenters. The van der Waals surface area contributed by atoms with Gasteiger partial charge in [0, 0.05) is 6.42 Å². The van der Waals surface area contributed by atoms with Crippen molar-refractivity contribution in [1.82, 2.24) is 5.32 Å². The van der Waals surface area contributed by atoms with Crippen LogP contribution in [0.4, 0.5) is 0 Å². The van der Waals surface area contributed by atoms with Crippen LogP contribution in [0.25, 0.3) is 0 Å². The molecule has 1 aliphatic rings. The predicted molar refractivity (Wildman–Crippen MR) is 324 cm³/mol. The number of unbranched alkanes of at least 4 members (excludes halogenated alkanes) is 33. The second-order valence-corrected chi connectivity index (χ2v) is 22.2. The first kappa shape index (κ1) is 73.1. The van der Waals surface area contributed by atoms with E-state index in [2.05, 4.69) is 50.4 Å². The van der Waals surface area contributed by atoms with E-state index in [0.29, 0.717) is 12.8 Å². The lowest BCUT2D eigenvalue weighted by molar-refractivity contribution is -0.305. The minimum Gasteiger partial charge on any atom is -0.454 e. The van der Waals surface area contributed by atoms with Crippen LogP contribution in [0.5, 0.6) is 0 Å². The Hall–Kier alpha value is -2.90. The summed E-state index contributed by atoms with van der Waals surface area (Å²) in [7, 11) is 0. The zero-order valence-electron chi connectivity index (χ0n) is 50.0. The molecule has 0 aliphatic carbocycles. The van der Waals surface area contributed by atoms with Crippen molar-refractivity contribution in [2.24, 2.45) is 0 Å². The summed E-state index contributed by atoms with van der Waals surface area (Å²) >= 11 is 0. The second kappa shape index (κ2) is 54.7. The van der Waals surface area contributed by atoms with Crippen molar-refractivity contribution in [2.45, 2.75) is 327 Å². The van der Waals surface area contributed by atoms with Gasteiger partial charge in [0.05, 0.1) is 25.4 Å². The Morgan fingerprint density at radius 2 is 0.936 bits per heavy atom. The predicted octanol–water partition coefficient (Wildman–Crippen LogP) is 15.6. The number of allylic oxidation sites excluding steroid dienone is 11. The van der Waals surface area contributed by atoms with Crippen LogP contribution in [0.1, 0.15) is 278 Å². The average molecular weight is 1100 g/mol. The van der Waals surface area contributed by atoms with Gasteiger partial charge in [-0.05, 0) is 70.6 Å². The Labute approximate surface area is 477 Å². The molecule has 0 spiro atoms. The molecule has 78 heavy (non-hydrogen) atoms. The van der Waals surface area contributed by atoms with Crippen molar-refractivity contribution in [3.63, 3.8) is 0 Å². The lowest BCUT2D eigenvalue weighted by Crippen LogP contribution is -2.61. The van der Waals surface area contributed by atoms with Crippen LogP contribution in [0.2, 0.25) is 0 Å². The maximum Gasteiger partial charge on any atom is 0.306 e. The lowest BCUT2D eigenvalue weighted by Gasteiger charge is -2.41. The highest BCUT2D eigenvalue weighted by atomic mass is 16.7. The maximum atomic E-state index is 13.4. The number of esters is 1. The number of carbonyl (C=O) groups is 2. The molecule has 0 saturated carbocycles. The third kappa shape index (κ3) is 42.0. The quantitative estimate of drug-likeness (QED) is 0.0149. The summed E-state index contributed by atoms with van der Waals surface area (Å²) in [5.41, 5.74) is 0. The molecular formula is C67H119NO10. The fourth-order valence-electron chi connectivity index (χ4n) is 9.83. The summed E-state index contributed by atoms with van der Waals surface area (Å²) < 4.78 is 17.6. The topological polar surface area (TPSA) is 175 Å². The standard InChI is InChI=1S/C67H119NO10/c1-4-7-10-13-16-19-22-25-27-28-29-30-31-32-33-34-35-37-40-43-46-49-52-55-62(72)78-65-64(74)63(73)61(56-69)77-67(65)76-57-58(59(70)53-50-47-44-41-38-24-21-18-15-12-9-6-3)68-66(75)60(71)54-51-48-45-42-39-36-26-23-20-17-14-11-8-5-2/h8,11,14,17,20,23,25-27,36,50,53,58-61,63-65,67,69-71,73-74H,4-7,9-10,12-13,15-16,18-19,21-22,24,28-35,37-49,51-52,54-57H2,1-3H3,(H,68,75)/b11-8+,17-14+,23-20+,27-25+,36-26-,53-50+. The van der Waals surface area contributed by atoms with E-state index in [0.717, 1.165) is 70.6 Å². The first-order valence-electron chi connectivity index (χ1n) is 32.3. The minimum atomic E-state index is -1.62. The number of hydrogen-bond donors (Lipinski definition) is 6. The molecule has 11 heteroatoms. The van der Waals surface area contributed by atoms with Crippen molar-refractivity contribution in [3.05, 3.63) is 72.9 Å². The molecule has 0 radical (unpaired) electrons. The highest BCUT2D eigenvalue weighted by molar-refractivity contribution is 5.80. The first-order chi connectivity index (χ1) is 38.2. The molecule has 0 aromatic rings. The van der Waals surface area contributed by atoms with Gasteiger partial charge in [-0.25, -0.2) is 0 Å². The van der Waals surface area contributed by atoms with Gasteiger partial charge in [0.25, 0.3) is 0 Å². The lowest BCUT2D eigenvalue weighted by atomic mass is 9.99. The fourth-order valence-corrected chi connectivity index (χ4v) is 9.83. The van der Waals surface area contributed by atoms with E-state index in [1.807, 2.05) is 42.5 Å². The Balaban J connectivity index is 2.62. The summed E-state index contributed by atoms with van der Waals surface area (Å²) in [5.74, 6) is -1.22. The number of hydrogen-bond acceptors (Lipinski definition) is 10. The summed E-state index contributed by atoms with van der Waals surface area (Å²) in [5, 5.41) is 57.0. The smallest absolute Gasteiger partial charge is 0.306 e. The first-order valence-corrected chi connectivity index (χ1v) is 32.3. The molecule has 0 aromatic heterocycles. The van der Waals surface area contributed by atoms with Gasteiger partial charge in [-0.1, -0.05) is 273 Å². The number of aliphatic hydroxyl groups excluding tert-OH is 5. The van der Waals surface area contributed by atoms with Crippen molar-refractivity contribution in [1.29, 1.82) is 0 Å². The SMILES string of the molecule is CC/C=C/C=C/C=C/C=C\CCCCCCC(O)C(=O)NC(COC1OC(CO)C(O)C(O)C1OC(=O)CCCCCCCCCCCCCCC/C=C/CCCCCCCC)C(O)/C=C/CCCCCCCCCCCC. The van der Waals surface area contributed by atoms with Gasteiger partial charge in [-0.15, -0.1) is 0 Å². The summed E-state index contributed by atoms with van der Waals surface area (Å²) in [4.78, 5) is 26.6. The molecule has 0 aromatic carbocycles. The van der Waals surface area contributed by atoms with Crippen LogP contribution in [-0.2, 0) is 23.8 Å². The summed E-state index contributed by atoms with van der Waals surface area (Å²) in [6.07, 6.45) is 59.5. The van der Waals surface area contributed by atoms with Crippen molar-refractivity contribution >= 4 is 11.9 Å². The van der Waals surface area contributed by atoms with Crippen molar-refractivity contribution in [2.75, 3.05) is 13.2 Å². The van der Waals surface area contributed by atoms with Gasteiger partial charge in [0.2, 0.25) is 5.91 Å². The third-order valence-electron chi connectivity index (χ3n) is 14.9. The molecule has 1 fully saturated rings. The highest BCUT2D eigenvalue weighted by Gasteiger charge is 2.47. The van der Waals surface area contributed by atoms with E-state index < -0.39 is 67.4 Å². The van der Waals surface area contributed by atoms with Crippen LogP contribution in [0.3, 0.4) is 0 Å². The van der Waals surface area contributed by atoms with E-state index >= 15 is 0 Å². The van der Waals surface area contributed by atoms with Crippen LogP contribution in [0, 0.1) is 0 Å². The fraction of sp³-hybridized carbons (Fsp3) is 0.791. The number of ether oxygens (including phenoxy) is 3. The maximum absolute atomic E-state index is 13.4. The average Bonchev–Trinajstić information content (AvgIpc) is 3.45. The van der Waals surface area contributed by atoms with Crippen LogP contribution >= 0.6 is 0 Å². The number of amides is 1. The Bertz CT molecular complexity index is 1540. The van der Waals surface area contributed by atoms with Gasteiger partial charge in [-0.3, -0.25) is 9.59 Å². The van der Waals surface area contributed by atoms with Gasteiger partial charge < -0.3 is 45.1 Å². The van der Waals surface area contributed by atoms with Crippen molar-refractivity contribution < 1.29 is 49.3 Å². The van der Waals surface area contributed by atoms with Gasteiger partial charge in [0.15, 0.2) is 12.4 Å². The Kier molecular flexibility index (Phi) is 51.3. The van der Waals surface area contributed by atoms with Crippen LogP contribution < -0.4 is 5.32 Å². The van der Waals surface area contributed by atoms with E-state index in [1.54, 1.807) is 6.08 Å². The highest BCUT2D eigenvalue weighted by Crippen LogP contribution is 2.26. The second-order valence-electron chi connectivity index (χ2n) is 22.2. The van der Waals surface area contributed by atoms with E-state index in [-0.39, 0.29) is 19.4 Å². The van der Waals surface area contributed by atoms with Crippen molar-refractivity contribution in [3.8, 4) is 0 Å². The molecule has 1 saturated heterocycles. The largest absolute Gasteiger partial charge is 0.454 e. The molecule has 1 aliphatic heterocycles. The molecule has 0 bridgehead atoms. The van der Waals surface area contributed by atoms with Gasteiger partial charge in [0.1, 0.15) is 24.4 Å². The Morgan fingerprint density at radius 3 is 1.42 bits per heavy atom. The van der Waals surface area contributed by atoms with E-state index in [4.69, 9.17) is 14.2 Å². The van der Waals surface area contributed by atoms with E-state index in [1.165, 1.54) is 161 Å². The number of aliphatic hydroxyl groups is 5. The van der Waals surface area contributed by atoms with E-state index in [9.17, 15) is 35.1 Å². The normalized spacial score (nSPS) is 19.4. The molecule has 1 amide bonds. The molecule has 6 N–H and O–H groups in total. The molecule has 1 rings (SSSR count). The number of rotatable bonds is 54. The molecule has 8 atom stereocenters. The summed E-state index contributed by atoms with van der Waals surface area (Å²) in [6, 6.07) is -1.04. The number of nitrogens with one attached hydrogen (secondary N) is 1. The van der Waals surface area contributed by atoms with Crippen LogP contribution in [-0.4, -0.2) is 99.6 Å². The monoisotopic (exact) mass is 1100 g/mol. The van der Waals surface area contributed by atoms with Gasteiger partial charge in [-0.2, -0.15) is 0 Å². The van der Waals surface area contributed by atoms with Crippen LogP contribution in [0.15, 0.2) is 72.9 Å². The third-order valence-corrected chi connectivity index (χ3v) is 14.9.